The second kappa shape index (κ2) is 11.6. The minimum absolute atomic E-state index is 0.0556. The summed E-state index contributed by atoms with van der Waals surface area (Å²) < 4.78 is 79.4. The van der Waals surface area contributed by atoms with E-state index in [4.69, 9.17) is 27.9 Å². The molecule has 17 heteroatoms. The number of nitrogens with zero attached hydrogens (tertiary/aromatic N) is 2. The number of imide groups is 2. The molecule has 4 amide bonds. The van der Waals surface area contributed by atoms with Crippen molar-refractivity contribution < 1.29 is 60.9 Å². The van der Waals surface area contributed by atoms with Crippen LogP contribution in [-0.2, 0) is 25.6 Å². The van der Waals surface area contributed by atoms with E-state index in [0.29, 0.717) is 5.56 Å². The number of hydrogen-bond donors (Lipinski definition) is 2. The third kappa shape index (κ3) is 4.52. The highest BCUT2D eigenvalue weighted by molar-refractivity contribution is 6.58. The second-order valence-corrected chi connectivity index (χ2v) is 14.6. The quantitative estimate of drug-likeness (QED) is 0.0834. The second-order valence-electron chi connectivity index (χ2n) is 13.3. The molecule has 2 aliphatic carbocycles. The molecule has 6 atom stereocenters. The SMILES string of the molecule is O=C(O)c1cccc(N2C(=O)[C@H]3[C@H](CC=C4[C@H](C5=COc6ccc(O)cc6C5)[C@]5(Cl)C(=O)N(c6c(F)c(F)c(F)c(F)c6F)C(=O)[C@]5(Cl)C[C@H]43)C2=O)c1. The number of carbonyl (C=O) groups is 5. The molecular formula is C36H21Cl2F5N2O8. The zero-order valence-corrected chi connectivity index (χ0v) is 28.0. The fourth-order valence-electron chi connectivity index (χ4n) is 8.41. The number of anilines is 2. The number of ether oxygens (including phenoxy) is 1. The van der Waals surface area contributed by atoms with E-state index in [9.17, 15) is 47.4 Å². The number of aromatic carboxylic acids is 1. The van der Waals surface area contributed by atoms with Crippen LogP contribution in [0.1, 0.15) is 28.8 Å². The van der Waals surface area contributed by atoms with Crippen LogP contribution in [0.5, 0.6) is 11.5 Å². The minimum Gasteiger partial charge on any atom is -0.508 e. The molecule has 2 saturated heterocycles. The van der Waals surface area contributed by atoms with Crippen LogP contribution in [0.2, 0.25) is 0 Å². The number of benzene rings is 3. The molecule has 10 nitrogen and oxygen atoms in total. The number of halogens is 7. The molecule has 2 N–H and O–H groups in total. The first-order chi connectivity index (χ1) is 25.0. The van der Waals surface area contributed by atoms with Crippen LogP contribution < -0.4 is 14.5 Å². The number of phenolic OH excluding ortho intramolecular Hbond substituents is 1. The molecule has 0 bridgehead atoms. The smallest absolute Gasteiger partial charge is 0.335 e. The largest absolute Gasteiger partial charge is 0.508 e. The number of aromatic hydroxyl groups is 1. The van der Waals surface area contributed by atoms with Gasteiger partial charge in [-0.2, -0.15) is 0 Å². The van der Waals surface area contributed by atoms with Crippen LogP contribution in [0.3, 0.4) is 0 Å². The first-order valence-electron chi connectivity index (χ1n) is 15.9. The predicted molar refractivity (Wildman–Crippen MR) is 174 cm³/mol. The number of amides is 4. The lowest BCUT2D eigenvalue weighted by Gasteiger charge is -2.51. The first kappa shape index (κ1) is 34.8. The molecule has 0 aromatic heterocycles. The number of allylic oxidation sites excluding steroid dienone is 3. The molecule has 3 aromatic rings. The van der Waals surface area contributed by atoms with Crippen molar-refractivity contribution in [2.45, 2.75) is 29.0 Å². The number of carboxylic acids is 1. The van der Waals surface area contributed by atoms with Crippen LogP contribution in [0.25, 0.3) is 0 Å². The average molecular weight is 775 g/mol. The van der Waals surface area contributed by atoms with Gasteiger partial charge in [0.15, 0.2) is 33.0 Å². The topological polar surface area (TPSA) is 142 Å². The molecule has 3 heterocycles. The van der Waals surface area contributed by atoms with Crippen LogP contribution in [0.4, 0.5) is 33.3 Å². The van der Waals surface area contributed by atoms with Gasteiger partial charge in [-0.1, -0.05) is 17.7 Å². The Balaban J connectivity index is 1.30. The summed E-state index contributed by atoms with van der Waals surface area (Å²) in [5.41, 5.74) is -1.48. The van der Waals surface area contributed by atoms with E-state index in [1.165, 1.54) is 48.7 Å². The maximum absolute atomic E-state index is 15.3. The van der Waals surface area contributed by atoms with Crippen molar-refractivity contribution in [3.8, 4) is 11.5 Å². The van der Waals surface area contributed by atoms with E-state index in [1.54, 1.807) is 0 Å². The number of phenols is 1. The lowest BCUT2D eigenvalue weighted by atomic mass is 9.56. The van der Waals surface area contributed by atoms with Gasteiger partial charge in [-0.25, -0.2) is 31.6 Å². The van der Waals surface area contributed by atoms with Gasteiger partial charge >= 0.3 is 5.97 Å². The lowest BCUT2D eigenvalue weighted by molar-refractivity contribution is -0.125. The Morgan fingerprint density at radius 3 is 2.21 bits per heavy atom. The molecule has 0 spiro atoms. The highest BCUT2D eigenvalue weighted by Gasteiger charge is 2.77. The Morgan fingerprint density at radius 2 is 1.53 bits per heavy atom. The van der Waals surface area contributed by atoms with E-state index in [-0.39, 0.29) is 51.6 Å². The number of carbonyl (C=O) groups excluding carboxylic acids is 4. The number of fused-ring (bicyclic) bond motifs is 5. The minimum atomic E-state index is -2.74. The van der Waals surface area contributed by atoms with E-state index < -0.39 is 104 Å². The first-order valence-corrected chi connectivity index (χ1v) is 16.6. The van der Waals surface area contributed by atoms with Gasteiger partial charge in [0, 0.05) is 17.9 Å². The standard InChI is InChI=1S/C36H21Cl2F5N2O8/c37-35-11-20-18(5-6-19-22(20)31(48)44(30(19)47)16-3-1-2-13(9-16)32(49)50)23(15-8-14-10-17(46)4-7-21(14)53-12-15)36(35,38)34(52)45(33(35)51)29-27(42)25(40)24(39)26(41)28(29)43/h1-5,7,9-10,12,19-20,22-23,46H,6,8,11H2,(H,49,50)/t19-,20+,22-,23-,35+,36-/m0/s1. The molecule has 5 aliphatic rings. The molecule has 1 saturated carbocycles. The maximum Gasteiger partial charge on any atom is 0.335 e. The van der Waals surface area contributed by atoms with Crippen LogP contribution in [0.15, 0.2) is 65.9 Å². The Bertz CT molecular complexity index is 2310. The van der Waals surface area contributed by atoms with E-state index >= 15 is 8.78 Å². The summed E-state index contributed by atoms with van der Waals surface area (Å²) >= 11 is 14.3. The van der Waals surface area contributed by atoms with Gasteiger partial charge in [-0.15, -0.1) is 23.2 Å². The molecule has 0 radical (unpaired) electrons. The molecule has 8 rings (SSSR count). The Morgan fingerprint density at radius 1 is 0.849 bits per heavy atom. The number of carboxylic acid groups (broad SMARTS) is 1. The molecule has 3 aliphatic heterocycles. The molecule has 272 valence electrons. The fourth-order valence-corrected chi connectivity index (χ4v) is 9.36. The molecule has 0 unspecified atom stereocenters. The van der Waals surface area contributed by atoms with E-state index in [1.807, 2.05) is 0 Å². The average Bonchev–Trinajstić information content (AvgIpc) is 3.47. The Labute approximate surface area is 304 Å². The molecule has 53 heavy (non-hydrogen) atoms. The summed E-state index contributed by atoms with van der Waals surface area (Å²) in [4.78, 5) is 63.7. The van der Waals surface area contributed by atoms with Crippen LogP contribution >= 0.6 is 23.2 Å². The van der Waals surface area contributed by atoms with Gasteiger partial charge < -0.3 is 14.9 Å². The van der Waals surface area contributed by atoms with Gasteiger partial charge in [0.2, 0.25) is 17.6 Å². The van der Waals surface area contributed by atoms with Crippen LogP contribution in [0, 0.1) is 52.8 Å². The van der Waals surface area contributed by atoms with Crippen molar-refractivity contribution in [3.05, 3.63) is 106 Å². The highest BCUT2D eigenvalue weighted by Crippen LogP contribution is 2.65. The Hall–Kier alpha value is -5.28. The third-order valence-electron chi connectivity index (χ3n) is 10.7. The van der Waals surface area contributed by atoms with Gasteiger partial charge in [0.05, 0.1) is 29.3 Å². The van der Waals surface area contributed by atoms with Crippen molar-refractivity contribution in [3.63, 3.8) is 0 Å². The number of alkyl halides is 2. The third-order valence-corrected chi connectivity index (χ3v) is 12.1. The van der Waals surface area contributed by atoms with E-state index in [2.05, 4.69) is 0 Å². The number of hydrogen-bond acceptors (Lipinski definition) is 7. The zero-order chi connectivity index (χ0) is 38.0. The van der Waals surface area contributed by atoms with E-state index in [0.717, 1.165) is 11.0 Å². The molecule has 3 aromatic carbocycles. The number of rotatable bonds is 4. The van der Waals surface area contributed by atoms with Crippen molar-refractivity contribution >= 4 is 64.2 Å². The molecule has 3 fully saturated rings. The van der Waals surface area contributed by atoms with Crippen LogP contribution in [-0.4, -0.2) is 49.6 Å². The highest BCUT2D eigenvalue weighted by atomic mass is 35.5. The van der Waals surface area contributed by atoms with Crippen molar-refractivity contribution in [1.29, 1.82) is 0 Å². The van der Waals surface area contributed by atoms with Gasteiger partial charge in [0.1, 0.15) is 17.2 Å². The predicted octanol–water partition coefficient (Wildman–Crippen LogP) is 5.91. The zero-order valence-electron chi connectivity index (χ0n) is 26.5. The van der Waals surface area contributed by atoms with Gasteiger partial charge in [-0.3, -0.25) is 24.1 Å². The monoisotopic (exact) mass is 774 g/mol. The molecular weight excluding hydrogens is 754 g/mol. The summed E-state index contributed by atoms with van der Waals surface area (Å²) in [6.45, 7) is 0. The Kier molecular flexibility index (Phi) is 7.62. The summed E-state index contributed by atoms with van der Waals surface area (Å²) in [6.07, 6.45) is 1.75. The van der Waals surface area contributed by atoms with Crippen molar-refractivity contribution in [2.24, 2.45) is 23.7 Å². The van der Waals surface area contributed by atoms with Gasteiger partial charge in [-0.05, 0) is 60.7 Å². The summed E-state index contributed by atoms with van der Waals surface area (Å²) in [5, 5.41) is 19.7. The van der Waals surface area contributed by atoms with Crippen molar-refractivity contribution in [1.82, 2.24) is 0 Å². The summed E-state index contributed by atoms with van der Waals surface area (Å²) in [7, 11) is 0. The van der Waals surface area contributed by atoms with Crippen molar-refractivity contribution in [2.75, 3.05) is 9.80 Å². The summed E-state index contributed by atoms with van der Waals surface area (Å²) in [5.74, 6) is -23.6. The normalized spacial score (nSPS) is 28.9. The fraction of sp³-hybridized carbons (Fsp3) is 0.250. The summed E-state index contributed by atoms with van der Waals surface area (Å²) in [6, 6.07) is 9.18. The maximum atomic E-state index is 15.3. The lowest BCUT2D eigenvalue weighted by Crippen LogP contribution is -2.61. The van der Waals surface area contributed by atoms with Gasteiger partial charge in [0.25, 0.3) is 11.8 Å².